The molecular formula is C19H19N5O4S2. The standard InChI is InChI=1S/C19H19N5O4S2/c1-29(25,26)23-15-5-3-4-13(10-15)17-12-19(24(22-17)30(2,27)28)14-6-7-16-18(11-14)21-9-8-20-16/h3-11,19,23H,12H2,1-2H3/t19-/m0/s1. The largest absolute Gasteiger partial charge is 0.284 e. The van der Waals surface area contributed by atoms with Crippen molar-refractivity contribution in [3.05, 3.63) is 66.0 Å². The van der Waals surface area contributed by atoms with Gasteiger partial charge in [0.25, 0.3) is 0 Å². The molecule has 3 aromatic rings. The molecule has 0 amide bonds. The number of nitrogens with one attached hydrogen (secondary N) is 1. The Hall–Kier alpha value is -3.05. The highest BCUT2D eigenvalue weighted by molar-refractivity contribution is 7.92. The Morgan fingerprint density at radius 3 is 2.40 bits per heavy atom. The molecule has 0 bridgehead atoms. The number of fused-ring (bicyclic) bond motifs is 1. The van der Waals surface area contributed by atoms with Crippen LogP contribution in [0, 0.1) is 0 Å². The van der Waals surface area contributed by atoms with Gasteiger partial charge in [-0.2, -0.15) is 9.52 Å². The van der Waals surface area contributed by atoms with Gasteiger partial charge < -0.3 is 0 Å². The second-order valence-electron chi connectivity index (χ2n) is 7.06. The summed E-state index contributed by atoms with van der Waals surface area (Å²) in [4.78, 5) is 8.53. The first-order valence-electron chi connectivity index (χ1n) is 8.96. The van der Waals surface area contributed by atoms with E-state index in [1.807, 2.05) is 12.1 Å². The molecule has 1 aromatic heterocycles. The van der Waals surface area contributed by atoms with E-state index >= 15 is 0 Å². The summed E-state index contributed by atoms with van der Waals surface area (Å²) in [5.74, 6) is 0. The SMILES string of the molecule is CS(=O)(=O)Nc1cccc(C2=NN(S(C)(=O)=O)[C@H](c3ccc4nccnc4c3)C2)c1. The normalized spacial score (nSPS) is 17.2. The zero-order valence-corrected chi connectivity index (χ0v) is 17.9. The van der Waals surface area contributed by atoms with Crippen molar-refractivity contribution in [3.63, 3.8) is 0 Å². The highest BCUT2D eigenvalue weighted by Crippen LogP contribution is 2.35. The molecule has 0 spiro atoms. The predicted octanol–water partition coefficient (Wildman–Crippen LogP) is 2.11. The molecule has 0 unspecified atom stereocenters. The van der Waals surface area contributed by atoms with Gasteiger partial charge in [0.05, 0.1) is 35.3 Å². The van der Waals surface area contributed by atoms with Crippen LogP contribution >= 0.6 is 0 Å². The van der Waals surface area contributed by atoms with Crippen molar-refractivity contribution in [1.82, 2.24) is 14.4 Å². The van der Waals surface area contributed by atoms with Gasteiger partial charge in [0, 0.05) is 24.5 Å². The predicted molar refractivity (Wildman–Crippen MR) is 115 cm³/mol. The molecule has 2 aromatic carbocycles. The van der Waals surface area contributed by atoms with Gasteiger partial charge in [-0.05, 0) is 35.4 Å². The van der Waals surface area contributed by atoms with Crippen LogP contribution in [0.15, 0.2) is 60.0 Å². The lowest BCUT2D eigenvalue weighted by Gasteiger charge is -2.21. The van der Waals surface area contributed by atoms with E-state index in [0.717, 1.165) is 22.5 Å². The Balaban J connectivity index is 1.72. The fourth-order valence-electron chi connectivity index (χ4n) is 3.38. The maximum absolute atomic E-state index is 12.4. The van der Waals surface area contributed by atoms with Gasteiger partial charge in [0.2, 0.25) is 20.0 Å². The monoisotopic (exact) mass is 445 g/mol. The molecule has 30 heavy (non-hydrogen) atoms. The van der Waals surface area contributed by atoms with Crippen molar-refractivity contribution < 1.29 is 16.8 Å². The molecule has 1 aliphatic rings. The lowest BCUT2D eigenvalue weighted by molar-refractivity contribution is 0.375. The lowest BCUT2D eigenvalue weighted by Crippen LogP contribution is -2.25. The zero-order valence-electron chi connectivity index (χ0n) is 16.2. The second kappa shape index (κ2) is 7.33. The van der Waals surface area contributed by atoms with E-state index in [0.29, 0.717) is 34.4 Å². The molecule has 0 radical (unpaired) electrons. The minimum Gasteiger partial charge on any atom is -0.284 e. The quantitative estimate of drug-likeness (QED) is 0.642. The van der Waals surface area contributed by atoms with E-state index < -0.39 is 26.1 Å². The average Bonchev–Trinajstić information content (AvgIpc) is 3.12. The van der Waals surface area contributed by atoms with Crippen LogP contribution in [0.25, 0.3) is 11.0 Å². The summed E-state index contributed by atoms with van der Waals surface area (Å²) in [6.45, 7) is 0. The number of hydrogen-bond acceptors (Lipinski definition) is 7. The number of benzene rings is 2. The fourth-order valence-corrected chi connectivity index (χ4v) is 4.84. The third-order valence-electron chi connectivity index (χ3n) is 4.59. The van der Waals surface area contributed by atoms with Gasteiger partial charge >= 0.3 is 0 Å². The number of hydrazone groups is 1. The molecule has 2 heterocycles. The van der Waals surface area contributed by atoms with Gasteiger partial charge in [-0.25, -0.2) is 16.8 Å². The van der Waals surface area contributed by atoms with Crippen LogP contribution in [0.4, 0.5) is 5.69 Å². The van der Waals surface area contributed by atoms with Crippen molar-refractivity contribution in [2.24, 2.45) is 5.10 Å². The topological polar surface area (TPSA) is 122 Å². The van der Waals surface area contributed by atoms with Crippen LogP contribution in [0.1, 0.15) is 23.6 Å². The highest BCUT2D eigenvalue weighted by atomic mass is 32.2. The Morgan fingerprint density at radius 1 is 0.967 bits per heavy atom. The summed E-state index contributed by atoms with van der Waals surface area (Å²) in [5, 5.41) is 4.35. The molecule has 1 N–H and O–H groups in total. The van der Waals surface area contributed by atoms with Crippen LogP contribution in [0.2, 0.25) is 0 Å². The Morgan fingerprint density at radius 2 is 1.70 bits per heavy atom. The van der Waals surface area contributed by atoms with Crippen molar-refractivity contribution in [2.75, 3.05) is 17.2 Å². The van der Waals surface area contributed by atoms with Crippen LogP contribution in [0.3, 0.4) is 0 Å². The van der Waals surface area contributed by atoms with Crippen LogP contribution in [-0.2, 0) is 20.0 Å². The summed E-state index contributed by atoms with van der Waals surface area (Å²) in [6, 6.07) is 11.6. The minimum absolute atomic E-state index is 0.334. The molecule has 1 aliphatic heterocycles. The van der Waals surface area contributed by atoms with Gasteiger partial charge in [-0.15, -0.1) is 0 Å². The van der Waals surface area contributed by atoms with Crippen LogP contribution in [0.5, 0.6) is 0 Å². The average molecular weight is 446 g/mol. The first-order valence-corrected chi connectivity index (χ1v) is 12.7. The molecule has 0 saturated heterocycles. The summed E-state index contributed by atoms with van der Waals surface area (Å²) in [6.07, 6.45) is 5.68. The van der Waals surface area contributed by atoms with Crippen LogP contribution < -0.4 is 4.72 Å². The highest BCUT2D eigenvalue weighted by Gasteiger charge is 2.34. The summed E-state index contributed by atoms with van der Waals surface area (Å²) >= 11 is 0. The molecule has 11 heteroatoms. The number of hydrogen-bond donors (Lipinski definition) is 1. The molecule has 9 nitrogen and oxygen atoms in total. The molecule has 156 valence electrons. The number of sulfonamides is 2. The third-order valence-corrected chi connectivity index (χ3v) is 6.21. The number of nitrogens with zero attached hydrogens (tertiary/aromatic N) is 4. The number of anilines is 1. The van der Waals surface area contributed by atoms with E-state index in [2.05, 4.69) is 19.8 Å². The van der Waals surface area contributed by atoms with Crippen molar-refractivity contribution >= 4 is 42.5 Å². The fraction of sp³-hybridized carbons (Fsp3) is 0.211. The molecule has 0 fully saturated rings. The van der Waals surface area contributed by atoms with E-state index in [9.17, 15) is 16.8 Å². The Bertz CT molecular complexity index is 1370. The van der Waals surface area contributed by atoms with Crippen molar-refractivity contribution in [2.45, 2.75) is 12.5 Å². The summed E-state index contributed by atoms with van der Waals surface area (Å²) in [7, 11) is -7.07. The van der Waals surface area contributed by atoms with Crippen molar-refractivity contribution in [3.8, 4) is 0 Å². The summed E-state index contributed by atoms with van der Waals surface area (Å²) < 4.78 is 51.4. The zero-order chi connectivity index (χ0) is 21.5. The van der Waals surface area contributed by atoms with E-state index in [1.165, 1.54) is 0 Å². The molecule has 1 atom stereocenters. The van der Waals surface area contributed by atoms with Crippen molar-refractivity contribution in [1.29, 1.82) is 0 Å². The third kappa shape index (κ3) is 4.26. The van der Waals surface area contributed by atoms with Gasteiger partial charge in [-0.1, -0.05) is 18.2 Å². The molecule has 0 saturated carbocycles. The van der Waals surface area contributed by atoms with E-state index in [-0.39, 0.29) is 0 Å². The number of aromatic nitrogens is 2. The molecular weight excluding hydrogens is 426 g/mol. The maximum atomic E-state index is 12.4. The maximum Gasteiger partial charge on any atom is 0.247 e. The first kappa shape index (κ1) is 20.2. The lowest BCUT2D eigenvalue weighted by atomic mass is 9.98. The molecule has 4 rings (SSSR count). The van der Waals surface area contributed by atoms with Gasteiger partial charge in [-0.3, -0.25) is 14.7 Å². The Kier molecular flexibility index (Phi) is 4.94. The number of rotatable bonds is 5. The second-order valence-corrected chi connectivity index (χ2v) is 10.7. The summed E-state index contributed by atoms with van der Waals surface area (Å²) in [5.41, 5.74) is 3.69. The molecule has 0 aliphatic carbocycles. The Labute approximate surface area is 174 Å². The smallest absolute Gasteiger partial charge is 0.247 e. The van der Waals surface area contributed by atoms with Gasteiger partial charge in [0.15, 0.2) is 0 Å². The first-order chi connectivity index (χ1) is 14.1. The van der Waals surface area contributed by atoms with E-state index in [1.54, 1.807) is 42.7 Å². The van der Waals surface area contributed by atoms with Gasteiger partial charge in [0.1, 0.15) is 0 Å². The van der Waals surface area contributed by atoms with Crippen LogP contribution in [-0.4, -0.2) is 49.4 Å². The van der Waals surface area contributed by atoms with E-state index in [4.69, 9.17) is 0 Å². The minimum atomic E-state index is -3.63.